The van der Waals surface area contributed by atoms with Crippen LogP contribution in [0.4, 0.5) is 0 Å². The van der Waals surface area contributed by atoms with E-state index in [0.29, 0.717) is 0 Å². The minimum Gasteiger partial charge on any atom is -0.0850 e. The molecule has 0 spiro atoms. The third-order valence-corrected chi connectivity index (χ3v) is 3.81. The van der Waals surface area contributed by atoms with Crippen molar-refractivity contribution in [3.8, 4) is 0 Å². The first-order valence-electron chi connectivity index (χ1n) is 6.27. The first-order chi connectivity index (χ1) is 6.90. The Kier molecular flexibility index (Phi) is 3.44. The fourth-order valence-electron chi connectivity index (χ4n) is 2.78. The SMILES string of the molecule is CCC1=CCC(C2=CCCCC2)CC1. The van der Waals surface area contributed by atoms with Crippen molar-refractivity contribution >= 4 is 0 Å². The van der Waals surface area contributed by atoms with Crippen LogP contribution in [0.2, 0.25) is 0 Å². The summed E-state index contributed by atoms with van der Waals surface area (Å²) in [7, 11) is 0. The van der Waals surface area contributed by atoms with E-state index in [-0.39, 0.29) is 0 Å². The maximum Gasteiger partial charge on any atom is -0.0166 e. The van der Waals surface area contributed by atoms with Crippen molar-refractivity contribution in [2.75, 3.05) is 0 Å². The van der Waals surface area contributed by atoms with E-state index in [1.807, 2.05) is 0 Å². The van der Waals surface area contributed by atoms with Gasteiger partial charge in [0.25, 0.3) is 0 Å². The van der Waals surface area contributed by atoms with Crippen LogP contribution < -0.4 is 0 Å². The zero-order chi connectivity index (χ0) is 9.80. The van der Waals surface area contributed by atoms with Gasteiger partial charge in [-0.25, -0.2) is 0 Å². The van der Waals surface area contributed by atoms with Gasteiger partial charge >= 0.3 is 0 Å². The Morgan fingerprint density at radius 2 is 2.14 bits per heavy atom. The van der Waals surface area contributed by atoms with Gasteiger partial charge in [-0.15, -0.1) is 0 Å². The highest BCUT2D eigenvalue weighted by molar-refractivity contribution is 5.16. The molecule has 1 unspecified atom stereocenters. The molecule has 0 bridgehead atoms. The monoisotopic (exact) mass is 190 g/mol. The average Bonchev–Trinajstić information content (AvgIpc) is 2.30. The summed E-state index contributed by atoms with van der Waals surface area (Å²) in [6.45, 7) is 2.28. The molecular formula is C14H22. The van der Waals surface area contributed by atoms with Gasteiger partial charge in [0, 0.05) is 0 Å². The molecule has 2 aliphatic carbocycles. The van der Waals surface area contributed by atoms with Crippen LogP contribution in [0.25, 0.3) is 0 Å². The first-order valence-corrected chi connectivity index (χ1v) is 6.27. The van der Waals surface area contributed by atoms with Crippen LogP contribution in [0.1, 0.15) is 58.3 Å². The normalized spacial score (nSPS) is 28.2. The lowest BCUT2D eigenvalue weighted by Gasteiger charge is -2.26. The van der Waals surface area contributed by atoms with Crippen LogP contribution in [0.3, 0.4) is 0 Å². The molecule has 0 nitrogen and oxygen atoms in total. The van der Waals surface area contributed by atoms with E-state index in [9.17, 15) is 0 Å². The second-order valence-corrected chi connectivity index (χ2v) is 4.71. The Morgan fingerprint density at radius 3 is 2.71 bits per heavy atom. The standard InChI is InChI=1S/C14H22/c1-2-12-8-10-14(11-9-12)13-6-4-3-5-7-13/h6,8,14H,2-5,7,9-11H2,1H3. The Labute approximate surface area is 88.1 Å². The van der Waals surface area contributed by atoms with Gasteiger partial charge in [-0.2, -0.15) is 0 Å². The summed E-state index contributed by atoms with van der Waals surface area (Å²) < 4.78 is 0. The molecule has 0 radical (unpaired) electrons. The highest BCUT2D eigenvalue weighted by Crippen LogP contribution is 2.34. The predicted octanol–water partition coefficient (Wildman–Crippen LogP) is 4.62. The fraction of sp³-hybridized carbons (Fsp3) is 0.714. The summed E-state index contributed by atoms with van der Waals surface area (Å²) in [4.78, 5) is 0. The van der Waals surface area contributed by atoms with Gasteiger partial charge in [0.15, 0.2) is 0 Å². The molecule has 1 atom stereocenters. The first kappa shape index (κ1) is 10.0. The predicted molar refractivity (Wildman–Crippen MR) is 62.3 cm³/mol. The summed E-state index contributed by atoms with van der Waals surface area (Å²) >= 11 is 0. The summed E-state index contributed by atoms with van der Waals surface area (Å²) in [6.07, 6.45) is 16.0. The van der Waals surface area contributed by atoms with E-state index in [1.165, 1.54) is 51.4 Å². The van der Waals surface area contributed by atoms with Crippen molar-refractivity contribution in [2.24, 2.45) is 5.92 Å². The number of hydrogen-bond acceptors (Lipinski definition) is 0. The van der Waals surface area contributed by atoms with Crippen LogP contribution in [-0.2, 0) is 0 Å². The Balaban J connectivity index is 1.94. The van der Waals surface area contributed by atoms with Crippen molar-refractivity contribution in [2.45, 2.75) is 58.3 Å². The second kappa shape index (κ2) is 4.82. The maximum atomic E-state index is 2.53. The van der Waals surface area contributed by atoms with Gasteiger partial charge in [-0.3, -0.25) is 0 Å². The van der Waals surface area contributed by atoms with Crippen LogP contribution in [0.15, 0.2) is 23.3 Å². The molecule has 0 aliphatic heterocycles. The minimum absolute atomic E-state index is 0.908. The summed E-state index contributed by atoms with van der Waals surface area (Å²) in [6, 6.07) is 0. The van der Waals surface area contributed by atoms with Gasteiger partial charge < -0.3 is 0 Å². The maximum absolute atomic E-state index is 2.53. The Morgan fingerprint density at radius 1 is 1.21 bits per heavy atom. The Hall–Kier alpha value is -0.520. The molecule has 0 N–H and O–H groups in total. The molecule has 0 aromatic carbocycles. The summed E-state index contributed by atoms with van der Waals surface area (Å²) in [5, 5.41) is 0. The zero-order valence-corrected chi connectivity index (χ0v) is 9.39. The summed E-state index contributed by atoms with van der Waals surface area (Å²) in [5.74, 6) is 0.908. The molecule has 0 fully saturated rings. The molecule has 14 heavy (non-hydrogen) atoms. The molecule has 0 heterocycles. The van der Waals surface area contributed by atoms with Crippen LogP contribution in [0, 0.1) is 5.92 Å². The third-order valence-electron chi connectivity index (χ3n) is 3.81. The molecule has 2 rings (SSSR count). The van der Waals surface area contributed by atoms with E-state index in [2.05, 4.69) is 19.1 Å². The van der Waals surface area contributed by atoms with Crippen molar-refractivity contribution in [3.05, 3.63) is 23.3 Å². The van der Waals surface area contributed by atoms with Gasteiger partial charge in [0.2, 0.25) is 0 Å². The van der Waals surface area contributed by atoms with Crippen molar-refractivity contribution in [3.63, 3.8) is 0 Å². The van der Waals surface area contributed by atoms with Crippen molar-refractivity contribution in [1.82, 2.24) is 0 Å². The average molecular weight is 190 g/mol. The molecular weight excluding hydrogens is 168 g/mol. The lowest BCUT2D eigenvalue weighted by Crippen LogP contribution is -2.10. The van der Waals surface area contributed by atoms with Gasteiger partial charge in [-0.05, 0) is 57.3 Å². The molecule has 0 saturated heterocycles. The highest BCUT2D eigenvalue weighted by Gasteiger charge is 2.18. The zero-order valence-electron chi connectivity index (χ0n) is 9.39. The van der Waals surface area contributed by atoms with Gasteiger partial charge in [0.1, 0.15) is 0 Å². The van der Waals surface area contributed by atoms with Crippen molar-refractivity contribution in [1.29, 1.82) is 0 Å². The topological polar surface area (TPSA) is 0 Å². The molecule has 0 amide bonds. The van der Waals surface area contributed by atoms with Crippen LogP contribution >= 0.6 is 0 Å². The summed E-state index contributed by atoms with van der Waals surface area (Å²) in [5.41, 5.74) is 3.47. The molecule has 0 aromatic rings. The largest absolute Gasteiger partial charge is 0.0850 e. The van der Waals surface area contributed by atoms with Gasteiger partial charge in [0.05, 0.1) is 0 Å². The Bertz CT molecular complexity index is 245. The molecule has 78 valence electrons. The number of allylic oxidation sites excluding steroid dienone is 4. The van der Waals surface area contributed by atoms with Crippen LogP contribution in [0.5, 0.6) is 0 Å². The number of rotatable bonds is 2. The van der Waals surface area contributed by atoms with E-state index >= 15 is 0 Å². The van der Waals surface area contributed by atoms with Crippen LogP contribution in [-0.4, -0.2) is 0 Å². The van der Waals surface area contributed by atoms with E-state index in [4.69, 9.17) is 0 Å². The quantitative estimate of drug-likeness (QED) is 0.557. The lowest BCUT2D eigenvalue weighted by molar-refractivity contribution is 0.495. The minimum atomic E-state index is 0.908. The smallest absolute Gasteiger partial charge is 0.0166 e. The molecule has 2 aliphatic rings. The number of hydrogen-bond donors (Lipinski definition) is 0. The lowest BCUT2D eigenvalue weighted by atomic mass is 9.80. The fourth-order valence-corrected chi connectivity index (χ4v) is 2.78. The molecule has 0 saturated carbocycles. The van der Waals surface area contributed by atoms with E-state index in [0.717, 1.165) is 5.92 Å². The van der Waals surface area contributed by atoms with Crippen molar-refractivity contribution < 1.29 is 0 Å². The molecule has 0 aromatic heterocycles. The second-order valence-electron chi connectivity index (χ2n) is 4.71. The van der Waals surface area contributed by atoms with E-state index < -0.39 is 0 Å². The van der Waals surface area contributed by atoms with Gasteiger partial charge in [-0.1, -0.05) is 30.2 Å². The van der Waals surface area contributed by atoms with E-state index in [1.54, 1.807) is 11.1 Å². The molecule has 0 heteroatoms. The highest BCUT2D eigenvalue weighted by atomic mass is 14.2. The third kappa shape index (κ3) is 2.29.